The van der Waals surface area contributed by atoms with E-state index in [1.54, 1.807) is 0 Å². The van der Waals surface area contributed by atoms with Crippen LogP contribution in [0.5, 0.6) is 0 Å². The van der Waals surface area contributed by atoms with Gasteiger partial charge in [0.25, 0.3) is 0 Å². The number of aryl methyl sites for hydroxylation is 1. The van der Waals surface area contributed by atoms with Crippen molar-refractivity contribution < 1.29 is 4.79 Å². The first-order chi connectivity index (χ1) is 9.04. The molecule has 0 saturated carbocycles. The highest BCUT2D eigenvalue weighted by Crippen LogP contribution is 2.21. The second-order valence-corrected chi connectivity index (χ2v) is 6.05. The minimum Gasteiger partial charge on any atom is -0.302 e. The van der Waals surface area contributed by atoms with Gasteiger partial charge in [-0.1, -0.05) is 43.7 Å². The Kier molecular flexibility index (Phi) is 4.32. The van der Waals surface area contributed by atoms with E-state index in [1.807, 2.05) is 20.0 Å². The van der Waals surface area contributed by atoms with Crippen molar-refractivity contribution in [2.45, 2.75) is 27.2 Å². The molecule has 0 aliphatic carbocycles. The summed E-state index contributed by atoms with van der Waals surface area (Å²) in [5.74, 6) is -0.0133. The SMILES string of the molecule is Cc1ccc(Cc2cnc(NC(=O)C(C)C)s2)cc1. The van der Waals surface area contributed by atoms with E-state index in [4.69, 9.17) is 0 Å². The van der Waals surface area contributed by atoms with E-state index in [-0.39, 0.29) is 11.8 Å². The van der Waals surface area contributed by atoms with Crippen LogP contribution in [0, 0.1) is 12.8 Å². The molecule has 0 fully saturated rings. The van der Waals surface area contributed by atoms with E-state index >= 15 is 0 Å². The third-order valence-electron chi connectivity index (χ3n) is 2.81. The van der Waals surface area contributed by atoms with Crippen LogP contribution in [0.1, 0.15) is 29.9 Å². The Bertz CT molecular complexity index is 558. The lowest BCUT2D eigenvalue weighted by Gasteiger charge is -2.03. The monoisotopic (exact) mass is 274 g/mol. The fraction of sp³-hybridized carbons (Fsp3) is 0.333. The number of benzene rings is 1. The molecule has 0 saturated heterocycles. The van der Waals surface area contributed by atoms with Crippen LogP contribution in [0.25, 0.3) is 0 Å². The number of hydrogen-bond acceptors (Lipinski definition) is 3. The van der Waals surface area contributed by atoms with E-state index in [0.29, 0.717) is 5.13 Å². The van der Waals surface area contributed by atoms with Gasteiger partial charge >= 0.3 is 0 Å². The van der Waals surface area contributed by atoms with Gasteiger partial charge in [0.15, 0.2) is 5.13 Å². The van der Waals surface area contributed by atoms with Crippen LogP contribution in [-0.4, -0.2) is 10.9 Å². The fourth-order valence-electron chi connectivity index (χ4n) is 1.60. The summed E-state index contributed by atoms with van der Waals surface area (Å²) in [5.41, 5.74) is 2.52. The van der Waals surface area contributed by atoms with E-state index < -0.39 is 0 Å². The Labute approximate surface area is 117 Å². The van der Waals surface area contributed by atoms with Gasteiger partial charge in [-0.25, -0.2) is 4.98 Å². The summed E-state index contributed by atoms with van der Waals surface area (Å²) in [6, 6.07) is 8.47. The van der Waals surface area contributed by atoms with Gasteiger partial charge < -0.3 is 5.32 Å². The maximum absolute atomic E-state index is 11.6. The lowest BCUT2D eigenvalue weighted by molar-refractivity contribution is -0.118. The average Bonchev–Trinajstić information content (AvgIpc) is 2.79. The lowest BCUT2D eigenvalue weighted by atomic mass is 10.1. The maximum atomic E-state index is 11.6. The van der Waals surface area contributed by atoms with Crippen LogP contribution in [-0.2, 0) is 11.2 Å². The first-order valence-corrected chi connectivity index (χ1v) is 7.17. The molecule has 0 unspecified atom stereocenters. The van der Waals surface area contributed by atoms with Gasteiger partial charge in [-0.2, -0.15) is 0 Å². The molecule has 1 heterocycles. The maximum Gasteiger partial charge on any atom is 0.228 e. The van der Waals surface area contributed by atoms with Crippen LogP contribution in [0.2, 0.25) is 0 Å². The first-order valence-electron chi connectivity index (χ1n) is 6.35. The van der Waals surface area contributed by atoms with Gasteiger partial charge in [-0.05, 0) is 12.5 Å². The number of hydrogen-bond donors (Lipinski definition) is 1. The predicted molar refractivity (Wildman–Crippen MR) is 79.6 cm³/mol. The number of carbonyl (C=O) groups excluding carboxylic acids is 1. The molecule has 3 nitrogen and oxygen atoms in total. The summed E-state index contributed by atoms with van der Waals surface area (Å²) in [6.07, 6.45) is 2.69. The number of amides is 1. The fourth-order valence-corrected chi connectivity index (χ4v) is 2.45. The van der Waals surface area contributed by atoms with Gasteiger partial charge in [-0.15, -0.1) is 11.3 Å². The molecular weight excluding hydrogens is 256 g/mol. The second kappa shape index (κ2) is 5.97. The van der Waals surface area contributed by atoms with Crippen LogP contribution >= 0.6 is 11.3 Å². The van der Waals surface area contributed by atoms with Crippen molar-refractivity contribution in [3.05, 3.63) is 46.5 Å². The Morgan fingerprint density at radius 3 is 2.63 bits per heavy atom. The summed E-state index contributed by atoms with van der Waals surface area (Å²) in [6.45, 7) is 5.82. The van der Waals surface area contributed by atoms with Crippen LogP contribution in [0.4, 0.5) is 5.13 Å². The average molecular weight is 274 g/mol. The van der Waals surface area contributed by atoms with E-state index in [2.05, 4.69) is 41.5 Å². The molecule has 1 aromatic heterocycles. The molecule has 0 radical (unpaired) electrons. The molecule has 1 N–H and O–H groups in total. The molecule has 1 amide bonds. The van der Waals surface area contributed by atoms with Gasteiger partial charge in [0, 0.05) is 23.4 Å². The zero-order valence-corrected chi connectivity index (χ0v) is 12.3. The minimum atomic E-state index is -0.0237. The van der Waals surface area contributed by atoms with E-state index in [1.165, 1.54) is 22.5 Å². The first kappa shape index (κ1) is 13.7. The molecule has 0 bridgehead atoms. The Balaban J connectivity index is 2.01. The highest BCUT2D eigenvalue weighted by molar-refractivity contribution is 7.15. The van der Waals surface area contributed by atoms with Crippen molar-refractivity contribution in [2.24, 2.45) is 5.92 Å². The number of rotatable bonds is 4. The number of carbonyl (C=O) groups is 1. The molecule has 19 heavy (non-hydrogen) atoms. The molecule has 2 rings (SSSR count). The van der Waals surface area contributed by atoms with Gasteiger partial charge in [-0.3, -0.25) is 4.79 Å². The molecule has 0 atom stereocenters. The zero-order chi connectivity index (χ0) is 13.8. The lowest BCUT2D eigenvalue weighted by Crippen LogP contribution is -2.17. The van der Waals surface area contributed by atoms with Gasteiger partial charge in [0.1, 0.15) is 0 Å². The number of nitrogens with one attached hydrogen (secondary N) is 1. The Hall–Kier alpha value is -1.68. The standard InChI is InChI=1S/C15H18N2OS/c1-10(2)14(18)17-15-16-9-13(19-15)8-12-6-4-11(3)5-7-12/h4-7,9-10H,8H2,1-3H3,(H,16,17,18). The van der Waals surface area contributed by atoms with E-state index in [9.17, 15) is 4.79 Å². The zero-order valence-electron chi connectivity index (χ0n) is 11.4. The highest BCUT2D eigenvalue weighted by Gasteiger charge is 2.10. The Morgan fingerprint density at radius 2 is 2.00 bits per heavy atom. The number of aromatic nitrogens is 1. The number of nitrogens with zero attached hydrogens (tertiary/aromatic N) is 1. The topological polar surface area (TPSA) is 42.0 Å². The van der Waals surface area contributed by atoms with Crippen LogP contribution in [0.3, 0.4) is 0 Å². The molecule has 1 aromatic carbocycles. The summed E-state index contributed by atoms with van der Waals surface area (Å²) in [7, 11) is 0. The number of thiazole rings is 1. The van der Waals surface area contributed by atoms with E-state index in [0.717, 1.165) is 11.3 Å². The second-order valence-electron chi connectivity index (χ2n) is 4.94. The molecule has 100 valence electrons. The molecule has 0 aliphatic heterocycles. The molecule has 0 aliphatic rings. The smallest absolute Gasteiger partial charge is 0.228 e. The van der Waals surface area contributed by atoms with Crippen molar-refractivity contribution >= 4 is 22.4 Å². The Morgan fingerprint density at radius 1 is 1.32 bits per heavy atom. The third kappa shape index (κ3) is 3.89. The van der Waals surface area contributed by atoms with Crippen molar-refractivity contribution in [3.63, 3.8) is 0 Å². The minimum absolute atomic E-state index is 0.0104. The molecule has 4 heteroatoms. The molecule has 0 spiro atoms. The molecular formula is C15H18N2OS. The highest BCUT2D eigenvalue weighted by atomic mass is 32.1. The quantitative estimate of drug-likeness (QED) is 0.925. The van der Waals surface area contributed by atoms with Gasteiger partial charge in [0.05, 0.1) is 0 Å². The normalized spacial score (nSPS) is 10.7. The van der Waals surface area contributed by atoms with Gasteiger partial charge in [0.2, 0.25) is 5.91 Å². The number of anilines is 1. The molecule has 2 aromatic rings. The summed E-state index contributed by atoms with van der Waals surface area (Å²) >= 11 is 1.53. The third-order valence-corrected chi connectivity index (χ3v) is 3.72. The van der Waals surface area contributed by atoms with Crippen molar-refractivity contribution in [1.82, 2.24) is 4.98 Å². The summed E-state index contributed by atoms with van der Waals surface area (Å²) in [4.78, 5) is 17.0. The van der Waals surface area contributed by atoms with Crippen LogP contribution < -0.4 is 5.32 Å². The summed E-state index contributed by atoms with van der Waals surface area (Å²) in [5, 5.41) is 3.51. The van der Waals surface area contributed by atoms with Crippen molar-refractivity contribution in [1.29, 1.82) is 0 Å². The van der Waals surface area contributed by atoms with Crippen molar-refractivity contribution in [2.75, 3.05) is 5.32 Å². The largest absolute Gasteiger partial charge is 0.302 e. The van der Waals surface area contributed by atoms with Crippen molar-refractivity contribution in [3.8, 4) is 0 Å². The summed E-state index contributed by atoms with van der Waals surface area (Å²) < 4.78 is 0. The van der Waals surface area contributed by atoms with Crippen LogP contribution in [0.15, 0.2) is 30.5 Å². The predicted octanol–water partition coefficient (Wildman–Crippen LogP) is 3.64.